The molecule has 6 heteroatoms. The maximum Gasteiger partial charge on any atom is 0.311 e. The van der Waals surface area contributed by atoms with Gasteiger partial charge < -0.3 is 9.14 Å². The number of carbonyl (C=O) groups excluding carboxylic acids is 1. The highest BCUT2D eigenvalue weighted by atomic mass is 16.6. The van der Waals surface area contributed by atoms with Gasteiger partial charge in [0, 0.05) is 23.3 Å². The van der Waals surface area contributed by atoms with Crippen LogP contribution in [0.15, 0.2) is 42.6 Å². The molecule has 0 amide bonds. The zero-order valence-corrected chi connectivity index (χ0v) is 12.6. The Kier molecular flexibility index (Phi) is 3.57. The number of carbonyl (C=O) groups is 1. The molecule has 23 heavy (non-hydrogen) atoms. The maximum atomic E-state index is 11.5. The molecule has 0 radical (unpaired) electrons. The minimum atomic E-state index is -0.497. The van der Waals surface area contributed by atoms with Crippen LogP contribution >= 0.6 is 0 Å². The summed E-state index contributed by atoms with van der Waals surface area (Å²) in [5.74, 6) is 0.186. The minimum absolute atomic E-state index is 0.131. The highest BCUT2D eigenvalue weighted by Gasteiger charge is 2.18. The van der Waals surface area contributed by atoms with Gasteiger partial charge in [0.25, 0.3) is 0 Å². The molecule has 0 N–H and O–H groups in total. The fourth-order valence-corrected chi connectivity index (χ4v) is 2.66. The standard InChI is InChI=1S/C17H14N2O4/c1-11-5-6-18-13(7-11)9-14(16(18)10-20)12-3-4-17(23-2)15(8-12)19(21)22/h3-10H,1-2H3. The van der Waals surface area contributed by atoms with Crippen molar-refractivity contribution < 1.29 is 14.5 Å². The molecule has 1 aromatic carbocycles. The molecule has 0 unspecified atom stereocenters. The van der Waals surface area contributed by atoms with Crippen molar-refractivity contribution >= 4 is 17.5 Å². The Labute approximate surface area is 132 Å². The zero-order valence-electron chi connectivity index (χ0n) is 12.6. The number of pyridine rings is 1. The van der Waals surface area contributed by atoms with Gasteiger partial charge in [0.1, 0.15) is 0 Å². The Bertz CT molecular complexity index is 928. The monoisotopic (exact) mass is 310 g/mol. The zero-order chi connectivity index (χ0) is 16.6. The summed E-state index contributed by atoms with van der Waals surface area (Å²) in [5, 5.41) is 11.2. The number of ether oxygens (including phenoxy) is 1. The smallest absolute Gasteiger partial charge is 0.311 e. The number of benzene rings is 1. The van der Waals surface area contributed by atoms with Crippen LogP contribution in [0, 0.1) is 17.0 Å². The number of hydrogen-bond acceptors (Lipinski definition) is 4. The molecule has 6 nitrogen and oxygen atoms in total. The summed E-state index contributed by atoms with van der Waals surface area (Å²) in [7, 11) is 1.38. The number of nitrogens with zero attached hydrogens (tertiary/aromatic N) is 2. The number of methoxy groups -OCH3 is 1. The maximum absolute atomic E-state index is 11.5. The van der Waals surface area contributed by atoms with Crippen LogP contribution in [0.3, 0.4) is 0 Å². The first-order chi connectivity index (χ1) is 11.0. The topological polar surface area (TPSA) is 73.8 Å². The number of aldehydes is 1. The van der Waals surface area contributed by atoms with Gasteiger partial charge in [-0.15, -0.1) is 0 Å². The molecule has 0 aliphatic heterocycles. The second kappa shape index (κ2) is 5.57. The van der Waals surface area contributed by atoms with Crippen LogP contribution < -0.4 is 4.74 Å². The SMILES string of the molecule is COc1ccc(-c2cc3cc(C)ccn3c2C=O)cc1[N+](=O)[O-]. The molecule has 0 saturated carbocycles. The summed E-state index contributed by atoms with van der Waals surface area (Å²) in [4.78, 5) is 22.2. The average Bonchev–Trinajstić information content (AvgIpc) is 2.91. The van der Waals surface area contributed by atoms with Crippen LogP contribution in [0.5, 0.6) is 5.75 Å². The first-order valence-electron chi connectivity index (χ1n) is 6.95. The predicted octanol–water partition coefficient (Wildman–Crippen LogP) is 3.64. The van der Waals surface area contributed by atoms with Crippen molar-refractivity contribution in [3.8, 4) is 16.9 Å². The highest BCUT2D eigenvalue weighted by Crippen LogP contribution is 2.34. The van der Waals surface area contributed by atoms with Crippen molar-refractivity contribution in [1.82, 2.24) is 4.40 Å². The van der Waals surface area contributed by atoms with Crippen LogP contribution in [0.2, 0.25) is 0 Å². The molecule has 0 bridgehead atoms. The fourth-order valence-electron chi connectivity index (χ4n) is 2.66. The van der Waals surface area contributed by atoms with E-state index in [1.807, 2.05) is 31.3 Å². The van der Waals surface area contributed by atoms with E-state index in [0.717, 1.165) is 17.4 Å². The van der Waals surface area contributed by atoms with Gasteiger partial charge in [0.2, 0.25) is 0 Å². The molecule has 0 fully saturated rings. The molecule has 2 aromatic heterocycles. The molecular weight excluding hydrogens is 296 g/mol. The second-order valence-corrected chi connectivity index (χ2v) is 5.20. The molecule has 0 saturated heterocycles. The summed E-state index contributed by atoms with van der Waals surface area (Å²) in [5.41, 5.74) is 3.50. The van der Waals surface area contributed by atoms with Crippen molar-refractivity contribution in [2.45, 2.75) is 6.92 Å². The number of aryl methyl sites for hydroxylation is 1. The van der Waals surface area contributed by atoms with E-state index in [2.05, 4.69) is 0 Å². The molecule has 116 valence electrons. The summed E-state index contributed by atoms with van der Waals surface area (Å²) in [6.45, 7) is 1.96. The number of hydrogen-bond donors (Lipinski definition) is 0. The van der Waals surface area contributed by atoms with Crippen LogP contribution in [0.25, 0.3) is 16.6 Å². The van der Waals surface area contributed by atoms with Crippen molar-refractivity contribution in [3.63, 3.8) is 0 Å². The van der Waals surface area contributed by atoms with E-state index in [1.165, 1.54) is 19.2 Å². The van der Waals surface area contributed by atoms with E-state index < -0.39 is 4.92 Å². The van der Waals surface area contributed by atoms with E-state index in [4.69, 9.17) is 4.74 Å². The summed E-state index contributed by atoms with van der Waals surface area (Å²) >= 11 is 0. The van der Waals surface area contributed by atoms with E-state index in [-0.39, 0.29) is 11.4 Å². The van der Waals surface area contributed by atoms with Gasteiger partial charge in [-0.05, 0) is 42.3 Å². The van der Waals surface area contributed by atoms with Gasteiger partial charge in [-0.3, -0.25) is 14.9 Å². The lowest BCUT2D eigenvalue weighted by Crippen LogP contribution is -1.95. The molecule has 0 aliphatic carbocycles. The van der Waals surface area contributed by atoms with Crippen molar-refractivity contribution in [2.75, 3.05) is 7.11 Å². The summed E-state index contributed by atoms with van der Waals surface area (Å²) in [6.07, 6.45) is 2.57. The lowest BCUT2D eigenvalue weighted by molar-refractivity contribution is -0.385. The Hall–Kier alpha value is -3.15. The summed E-state index contributed by atoms with van der Waals surface area (Å²) < 4.78 is 6.78. The quantitative estimate of drug-likeness (QED) is 0.419. The van der Waals surface area contributed by atoms with E-state index >= 15 is 0 Å². The third-order valence-electron chi connectivity index (χ3n) is 3.77. The molecule has 0 aliphatic rings. The van der Waals surface area contributed by atoms with E-state index in [1.54, 1.807) is 10.5 Å². The first-order valence-corrected chi connectivity index (χ1v) is 6.95. The van der Waals surface area contributed by atoms with Crippen LogP contribution in [-0.2, 0) is 0 Å². The minimum Gasteiger partial charge on any atom is -0.490 e. The molecule has 2 heterocycles. The molecule has 0 atom stereocenters. The third-order valence-corrected chi connectivity index (χ3v) is 3.77. The van der Waals surface area contributed by atoms with Gasteiger partial charge in [-0.1, -0.05) is 6.07 Å². The number of aromatic nitrogens is 1. The number of nitro groups is 1. The Morgan fingerprint density at radius 2 is 2.00 bits per heavy atom. The van der Waals surface area contributed by atoms with Crippen LogP contribution in [0.1, 0.15) is 16.1 Å². The Balaban J connectivity index is 2.26. The highest BCUT2D eigenvalue weighted by molar-refractivity contribution is 5.90. The average molecular weight is 310 g/mol. The first kappa shape index (κ1) is 14.8. The lowest BCUT2D eigenvalue weighted by Gasteiger charge is -2.05. The molecular formula is C17H14N2O4. The number of nitro benzene ring substituents is 1. The van der Waals surface area contributed by atoms with E-state index in [9.17, 15) is 14.9 Å². The largest absolute Gasteiger partial charge is 0.490 e. The van der Waals surface area contributed by atoms with Crippen LogP contribution in [-0.4, -0.2) is 22.7 Å². The van der Waals surface area contributed by atoms with Gasteiger partial charge in [0.15, 0.2) is 12.0 Å². The van der Waals surface area contributed by atoms with Crippen LogP contribution in [0.4, 0.5) is 5.69 Å². The van der Waals surface area contributed by atoms with Gasteiger partial charge in [0.05, 0.1) is 17.7 Å². The van der Waals surface area contributed by atoms with E-state index in [0.29, 0.717) is 16.8 Å². The number of rotatable bonds is 4. The number of fused-ring (bicyclic) bond motifs is 1. The lowest BCUT2D eigenvalue weighted by atomic mass is 10.1. The van der Waals surface area contributed by atoms with Gasteiger partial charge in [-0.25, -0.2) is 0 Å². The molecule has 0 spiro atoms. The Morgan fingerprint density at radius 3 is 2.65 bits per heavy atom. The normalized spacial score (nSPS) is 10.7. The Morgan fingerprint density at radius 1 is 1.22 bits per heavy atom. The van der Waals surface area contributed by atoms with Crippen molar-refractivity contribution in [2.24, 2.45) is 0 Å². The summed E-state index contributed by atoms with van der Waals surface area (Å²) in [6, 6.07) is 10.4. The van der Waals surface area contributed by atoms with Crippen molar-refractivity contribution in [1.29, 1.82) is 0 Å². The van der Waals surface area contributed by atoms with Gasteiger partial charge >= 0.3 is 5.69 Å². The predicted molar refractivity (Wildman–Crippen MR) is 86.2 cm³/mol. The third kappa shape index (κ3) is 2.44. The molecule has 3 rings (SSSR count). The molecule has 3 aromatic rings. The van der Waals surface area contributed by atoms with Crippen molar-refractivity contribution in [3.05, 3.63) is 64.0 Å². The second-order valence-electron chi connectivity index (χ2n) is 5.20. The fraction of sp³-hybridized carbons (Fsp3) is 0.118. The van der Waals surface area contributed by atoms with Gasteiger partial charge in [-0.2, -0.15) is 0 Å².